The lowest BCUT2D eigenvalue weighted by Gasteiger charge is -2.58. The van der Waals surface area contributed by atoms with Crippen LogP contribution in [0.4, 0.5) is 0 Å². The van der Waals surface area contributed by atoms with Crippen LogP contribution in [0.2, 0.25) is 0 Å². The highest BCUT2D eigenvalue weighted by molar-refractivity contribution is 5.87. The minimum atomic E-state index is -0.307. The first-order valence-electron chi connectivity index (χ1n) is 7.36. The van der Waals surface area contributed by atoms with E-state index >= 15 is 0 Å². The summed E-state index contributed by atoms with van der Waals surface area (Å²) in [6.45, 7) is 4.97. The number of hydrogen-bond donors (Lipinski definition) is 0. The zero-order valence-electron chi connectivity index (χ0n) is 12.3. The highest BCUT2D eigenvalue weighted by atomic mass is 16.6. The molecular weight excluding hydrogens is 260 g/mol. The topological polar surface area (TPSA) is 61.8 Å². The molecule has 0 spiro atoms. The van der Waals surface area contributed by atoms with Crippen molar-refractivity contribution in [3.8, 4) is 0 Å². The highest BCUT2D eigenvalue weighted by Gasteiger charge is 2.61. The van der Waals surface area contributed by atoms with Crippen molar-refractivity contribution >= 4 is 11.9 Å². The summed E-state index contributed by atoms with van der Waals surface area (Å²) in [6, 6.07) is 0. The van der Waals surface area contributed by atoms with Crippen LogP contribution < -0.4 is 0 Å². The van der Waals surface area contributed by atoms with Crippen molar-refractivity contribution in [2.75, 3.05) is 13.7 Å². The summed E-state index contributed by atoms with van der Waals surface area (Å²) in [5, 5.41) is 0. The summed E-state index contributed by atoms with van der Waals surface area (Å²) in [6.07, 6.45) is 2.75. The summed E-state index contributed by atoms with van der Waals surface area (Å²) in [5.41, 5.74) is -0.129. The Hall–Kier alpha value is -1.10. The van der Waals surface area contributed by atoms with Gasteiger partial charge < -0.3 is 14.2 Å². The van der Waals surface area contributed by atoms with E-state index in [1.54, 1.807) is 0 Å². The average molecular weight is 282 g/mol. The lowest BCUT2D eigenvalue weighted by atomic mass is 9.57. The molecule has 1 saturated heterocycles. The largest absolute Gasteiger partial charge is 0.469 e. The minimum absolute atomic E-state index is 0.0841. The number of methoxy groups -OCH3 is 1. The Labute approximate surface area is 118 Å². The Kier molecular flexibility index (Phi) is 3.27. The lowest BCUT2D eigenvalue weighted by Crippen LogP contribution is -2.65. The molecule has 0 unspecified atom stereocenters. The maximum atomic E-state index is 12.1. The van der Waals surface area contributed by atoms with Gasteiger partial charge in [0, 0.05) is 17.9 Å². The van der Waals surface area contributed by atoms with E-state index in [2.05, 4.69) is 18.6 Å². The zero-order chi connectivity index (χ0) is 14.5. The predicted molar refractivity (Wildman–Crippen MR) is 69.7 cm³/mol. The smallest absolute Gasteiger partial charge is 0.310 e. The van der Waals surface area contributed by atoms with Crippen molar-refractivity contribution in [2.45, 2.75) is 45.3 Å². The molecule has 0 aromatic carbocycles. The Morgan fingerprint density at radius 3 is 2.60 bits per heavy atom. The molecule has 3 rings (SSSR count). The van der Waals surface area contributed by atoms with Gasteiger partial charge in [0.05, 0.1) is 25.0 Å². The van der Waals surface area contributed by atoms with E-state index in [-0.39, 0.29) is 41.4 Å². The molecule has 5 atom stereocenters. The number of ether oxygens (including phenoxy) is 3. The van der Waals surface area contributed by atoms with Gasteiger partial charge >= 0.3 is 11.9 Å². The summed E-state index contributed by atoms with van der Waals surface area (Å²) < 4.78 is 16.1. The third-order valence-corrected chi connectivity index (χ3v) is 5.06. The van der Waals surface area contributed by atoms with Gasteiger partial charge in [0.1, 0.15) is 6.10 Å². The predicted octanol–water partition coefficient (Wildman–Crippen LogP) is 1.54. The maximum Gasteiger partial charge on any atom is 0.310 e. The number of fused-ring (bicyclic) bond motifs is 1. The van der Waals surface area contributed by atoms with Crippen molar-refractivity contribution in [2.24, 2.45) is 23.2 Å². The number of carbonyl (C=O) groups excluding carboxylic acids is 2. The number of hydrogen-bond acceptors (Lipinski definition) is 5. The van der Waals surface area contributed by atoms with Crippen LogP contribution in [-0.4, -0.2) is 37.9 Å². The van der Waals surface area contributed by atoms with Gasteiger partial charge in [-0.05, 0) is 19.3 Å². The molecule has 112 valence electrons. The van der Waals surface area contributed by atoms with Crippen LogP contribution in [0.15, 0.2) is 0 Å². The minimum Gasteiger partial charge on any atom is -0.469 e. The van der Waals surface area contributed by atoms with Crippen molar-refractivity contribution in [3.05, 3.63) is 0 Å². The van der Waals surface area contributed by atoms with Crippen LogP contribution in [-0.2, 0) is 23.8 Å². The van der Waals surface area contributed by atoms with Crippen molar-refractivity contribution in [1.29, 1.82) is 0 Å². The third-order valence-electron chi connectivity index (χ3n) is 5.06. The van der Waals surface area contributed by atoms with Crippen LogP contribution in [0.5, 0.6) is 0 Å². The van der Waals surface area contributed by atoms with E-state index in [1.165, 1.54) is 7.11 Å². The second kappa shape index (κ2) is 4.72. The molecule has 2 saturated carbocycles. The molecule has 0 radical (unpaired) electrons. The van der Waals surface area contributed by atoms with Gasteiger partial charge in [-0.2, -0.15) is 0 Å². The Balaban J connectivity index is 1.58. The van der Waals surface area contributed by atoms with Crippen LogP contribution in [0.25, 0.3) is 0 Å². The number of rotatable bonds is 3. The fourth-order valence-corrected chi connectivity index (χ4v) is 3.80. The SMILES string of the molecule is COC(=O)[C@@H]1C[C@@H]1C(=O)O[C@@H]1[C@@H]2CCCO[C@H]2C1(C)C. The van der Waals surface area contributed by atoms with Gasteiger partial charge in [-0.1, -0.05) is 13.8 Å². The van der Waals surface area contributed by atoms with Gasteiger partial charge in [0.2, 0.25) is 0 Å². The van der Waals surface area contributed by atoms with Gasteiger partial charge in [-0.15, -0.1) is 0 Å². The second-order valence-electron chi connectivity index (χ2n) is 6.75. The molecular formula is C15H22O5. The molecule has 3 fully saturated rings. The second-order valence-corrected chi connectivity index (χ2v) is 6.75. The van der Waals surface area contributed by atoms with E-state index in [0.29, 0.717) is 12.3 Å². The normalized spacial score (nSPS) is 41.0. The molecule has 0 bridgehead atoms. The van der Waals surface area contributed by atoms with Crippen LogP contribution in [0.3, 0.4) is 0 Å². The van der Waals surface area contributed by atoms with Crippen molar-refractivity contribution in [3.63, 3.8) is 0 Å². The average Bonchev–Trinajstić information content (AvgIpc) is 3.24. The van der Waals surface area contributed by atoms with Gasteiger partial charge in [-0.3, -0.25) is 9.59 Å². The Bertz CT molecular complexity index is 430. The first kappa shape index (κ1) is 13.9. The molecule has 3 aliphatic rings. The van der Waals surface area contributed by atoms with Crippen molar-refractivity contribution in [1.82, 2.24) is 0 Å². The molecule has 1 aliphatic heterocycles. The monoisotopic (exact) mass is 282 g/mol. The van der Waals surface area contributed by atoms with E-state index < -0.39 is 0 Å². The Morgan fingerprint density at radius 2 is 1.90 bits per heavy atom. The quantitative estimate of drug-likeness (QED) is 0.735. The molecule has 0 aromatic rings. The van der Waals surface area contributed by atoms with Crippen LogP contribution in [0, 0.1) is 23.2 Å². The number of carbonyl (C=O) groups is 2. The maximum absolute atomic E-state index is 12.1. The fraction of sp³-hybridized carbons (Fsp3) is 0.867. The van der Waals surface area contributed by atoms with Gasteiger partial charge in [0.15, 0.2) is 0 Å². The molecule has 1 heterocycles. The third kappa shape index (κ3) is 2.03. The van der Waals surface area contributed by atoms with E-state index in [9.17, 15) is 9.59 Å². The lowest BCUT2D eigenvalue weighted by molar-refractivity contribution is -0.255. The van der Waals surface area contributed by atoms with Gasteiger partial charge in [-0.25, -0.2) is 0 Å². The summed E-state index contributed by atoms with van der Waals surface area (Å²) >= 11 is 0. The van der Waals surface area contributed by atoms with Crippen LogP contribution in [0.1, 0.15) is 33.1 Å². The molecule has 0 amide bonds. The van der Waals surface area contributed by atoms with Crippen molar-refractivity contribution < 1.29 is 23.8 Å². The van der Waals surface area contributed by atoms with E-state index in [1.807, 2.05) is 0 Å². The highest BCUT2D eigenvalue weighted by Crippen LogP contribution is 2.54. The fourth-order valence-electron chi connectivity index (χ4n) is 3.80. The first-order valence-corrected chi connectivity index (χ1v) is 7.36. The molecule has 20 heavy (non-hydrogen) atoms. The summed E-state index contributed by atoms with van der Waals surface area (Å²) in [4.78, 5) is 23.5. The molecule has 0 aromatic heterocycles. The van der Waals surface area contributed by atoms with Gasteiger partial charge in [0.25, 0.3) is 0 Å². The Morgan fingerprint density at radius 1 is 1.20 bits per heavy atom. The molecule has 2 aliphatic carbocycles. The molecule has 5 nitrogen and oxygen atoms in total. The molecule has 5 heteroatoms. The zero-order valence-corrected chi connectivity index (χ0v) is 12.3. The van der Waals surface area contributed by atoms with E-state index in [4.69, 9.17) is 9.47 Å². The first-order chi connectivity index (χ1) is 9.46. The molecule has 0 N–H and O–H groups in total. The standard InChI is InChI=1S/C15H22O5/c1-15(2)11-8(5-4-6-19-11)12(15)20-14(17)10-7-9(10)13(16)18-3/h8-12H,4-7H2,1-3H3/t8-,9-,10+,11-,12-/m1/s1. The number of esters is 2. The summed E-state index contributed by atoms with van der Waals surface area (Å²) in [7, 11) is 1.35. The van der Waals surface area contributed by atoms with E-state index in [0.717, 1.165) is 19.4 Å². The summed E-state index contributed by atoms with van der Waals surface area (Å²) in [5.74, 6) is -0.838. The van der Waals surface area contributed by atoms with Crippen LogP contribution >= 0.6 is 0 Å².